The number of rotatable bonds is 10. The second-order valence-electron chi connectivity index (χ2n) is 12.0. The minimum absolute atomic E-state index is 0.0259. The van der Waals surface area contributed by atoms with E-state index >= 15 is 0 Å². The molecule has 2 amide bonds. The molecule has 0 spiro atoms. The van der Waals surface area contributed by atoms with Gasteiger partial charge in [-0.3, -0.25) is 9.59 Å². The van der Waals surface area contributed by atoms with Gasteiger partial charge in [0.1, 0.15) is 11.8 Å². The van der Waals surface area contributed by atoms with Crippen LogP contribution in [0.4, 0.5) is 0 Å². The number of carbonyl (C=O) groups excluding carboxylic acids is 2. The molecule has 1 aliphatic rings. The Hall–Kier alpha value is -2.54. The van der Waals surface area contributed by atoms with E-state index in [-0.39, 0.29) is 36.4 Å². The Morgan fingerprint density at radius 2 is 1.71 bits per heavy atom. The molecule has 1 N–H and O–H groups in total. The van der Waals surface area contributed by atoms with Crippen LogP contribution < -0.4 is 10.1 Å². The zero-order valence-corrected chi connectivity index (χ0v) is 27.6. The van der Waals surface area contributed by atoms with Crippen LogP contribution in [0.2, 0.25) is 10.0 Å². The van der Waals surface area contributed by atoms with Gasteiger partial charge in [0.05, 0.1) is 4.47 Å². The Kier molecular flexibility index (Phi) is 11.4. The van der Waals surface area contributed by atoms with Gasteiger partial charge < -0.3 is 15.0 Å². The number of hydrogen-bond donors (Lipinski definition) is 1. The minimum Gasteiger partial charge on any atom is -0.483 e. The van der Waals surface area contributed by atoms with Crippen molar-refractivity contribution in [3.8, 4) is 5.75 Å². The number of hydrogen-bond acceptors (Lipinski definition) is 3. The third-order valence-electron chi connectivity index (χ3n) is 7.73. The highest BCUT2D eigenvalue weighted by atomic mass is 79.9. The van der Waals surface area contributed by atoms with Crippen molar-refractivity contribution in [2.45, 2.75) is 83.3 Å². The predicted molar refractivity (Wildman–Crippen MR) is 174 cm³/mol. The summed E-state index contributed by atoms with van der Waals surface area (Å²) < 4.78 is 6.81. The summed E-state index contributed by atoms with van der Waals surface area (Å²) in [4.78, 5) is 29.5. The second kappa shape index (κ2) is 14.8. The predicted octanol–water partition coefficient (Wildman–Crippen LogP) is 8.52. The number of carbonyl (C=O) groups is 2. The largest absolute Gasteiger partial charge is 0.483 e. The van der Waals surface area contributed by atoms with Crippen LogP contribution in [0.3, 0.4) is 0 Å². The van der Waals surface area contributed by atoms with Gasteiger partial charge in [0.25, 0.3) is 5.91 Å². The van der Waals surface area contributed by atoms with Gasteiger partial charge in [-0.1, -0.05) is 106 Å². The molecule has 1 fully saturated rings. The van der Waals surface area contributed by atoms with Crippen molar-refractivity contribution in [1.82, 2.24) is 10.2 Å². The topological polar surface area (TPSA) is 58.6 Å². The molecule has 0 aliphatic heterocycles. The average molecular weight is 675 g/mol. The van der Waals surface area contributed by atoms with E-state index in [0.29, 0.717) is 27.8 Å². The van der Waals surface area contributed by atoms with E-state index in [1.807, 2.05) is 48.5 Å². The first-order valence-electron chi connectivity index (χ1n) is 14.5. The average Bonchev–Trinajstić information content (AvgIpc) is 2.95. The lowest BCUT2D eigenvalue weighted by atomic mass is 9.87. The summed E-state index contributed by atoms with van der Waals surface area (Å²) in [5.41, 5.74) is 2.78. The van der Waals surface area contributed by atoms with Crippen LogP contribution >= 0.6 is 39.1 Å². The zero-order valence-electron chi connectivity index (χ0n) is 24.5. The first-order chi connectivity index (χ1) is 20.0. The third kappa shape index (κ3) is 8.98. The fourth-order valence-electron chi connectivity index (χ4n) is 5.24. The summed E-state index contributed by atoms with van der Waals surface area (Å²) in [6.07, 6.45) is 5.62. The molecule has 0 saturated heterocycles. The van der Waals surface area contributed by atoms with Gasteiger partial charge in [-0.25, -0.2) is 0 Å². The number of nitrogens with zero attached hydrogens (tertiary/aromatic N) is 1. The number of nitrogens with one attached hydrogen (secondary N) is 1. The normalized spacial score (nSPS) is 14.7. The fraction of sp³-hybridized carbons (Fsp3) is 0.412. The number of amides is 2. The molecule has 0 heterocycles. The molecular formula is C34H39BrCl2N2O3. The minimum atomic E-state index is -0.760. The van der Waals surface area contributed by atoms with E-state index in [4.69, 9.17) is 27.9 Å². The first-order valence-corrected chi connectivity index (χ1v) is 16.1. The highest BCUT2D eigenvalue weighted by Crippen LogP contribution is 2.32. The van der Waals surface area contributed by atoms with Gasteiger partial charge in [0.15, 0.2) is 6.61 Å². The van der Waals surface area contributed by atoms with Crippen LogP contribution in [0.15, 0.2) is 71.2 Å². The lowest BCUT2D eigenvalue weighted by Gasteiger charge is -2.33. The Labute approximate surface area is 268 Å². The Bertz CT molecular complexity index is 1370. The van der Waals surface area contributed by atoms with Gasteiger partial charge in [0, 0.05) is 29.1 Å². The first kappa shape index (κ1) is 32.4. The van der Waals surface area contributed by atoms with Crippen LogP contribution in [0.1, 0.15) is 69.6 Å². The molecule has 1 atom stereocenters. The van der Waals surface area contributed by atoms with E-state index < -0.39 is 6.04 Å². The van der Waals surface area contributed by atoms with E-state index in [1.165, 1.54) is 6.42 Å². The molecule has 5 nitrogen and oxygen atoms in total. The summed E-state index contributed by atoms with van der Waals surface area (Å²) in [7, 11) is 0. The van der Waals surface area contributed by atoms with Crippen molar-refractivity contribution < 1.29 is 14.3 Å². The van der Waals surface area contributed by atoms with E-state index in [1.54, 1.807) is 23.1 Å². The number of benzene rings is 3. The molecule has 0 bridgehead atoms. The molecule has 0 aromatic heterocycles. The van der Waals surface area contributed by atoms with Crippen molar-refractivity contribution in [1.29, 1.82) is 0 Å². The molecule has 3 aromatic carbocycles. The van der Waals surface area contributed by atoms with Gasteiger partial charge in [-0.15, -0.1) is 0 Å². The maximum absolute atomic E-state index is 14.0. The molecule has 0 radical (unpaired) electrons. The van der Waals surface area contributed by atoms with E-state index in [0.717, 1.165) is 41.3 Å². The van der Waals surface area contributed by atoms with Gasteiger partial charge in [0.2, 0.25) is 5.91 Å². The van der Waals surface area contributed by atoms with Gasteiger partial charge in [-0.2, -0.15) is 0 Å². The molecule has 1 unspecified atom stereocenters. The quantitative estimate of drug-likeness (QED) is 0.235. The van der Waals surface area contributed by atoms with Crippen molar-refractivity contribution in [3.63, 3.8) is 0 Å². The molecule has 1 saturated carbocycles. The van der Waals surface area contributed by atoms with Crippen LogP contribution in [-0.2, 0) is 28.0 Å². The van der Waals surface area contributed by atoms with Crippen molar-refractivity contribution >= 4 is 50.9 Å². The Morgan fingerprint density at radius 1 is 1.00 bits per heavy atom. The molecule has 224 valence electrons. The smallest absolute Gasteiger partial charge is 0.261 e. The maximum atomic E-state index is 14.0. The number of halogens is 3. The summed E-state index contributed by atoms with van der Waals surface area (Å²) in [5, 5.41) is 4.19. The molecule has 8 heteroatoms. The SMILES string of the molecule is CC(C)(C)c1ccc(OCC(=O)N(Cc2ccc(Cl)cc2Cl)C(Cc2ccccc2)C(=O)NC2CCCCC2)c(Br)c1. The molecule has 4 rings (SSSR count). The highest BCUT2D eigenvalue weighted by molar-refractivity contribution is 9.10. The van der Waals surface area contributed by atoms with Crippen LogP contribution in [0.5, 0.6) is 5.75 Å². The summed E-state index contributed by atoms with van der Waals surface area (Å²) in [6, 6.07) is 20.2. The van der Waals surface area contributed by atoms with Crippen molar-refractivity contribution in [2.75, 3.05) is 6.61 Å². The third-order valence-corrected chi connectivity index (χ3v) is 8.93. The van der Waals surface area contributed by atoms with Gasteiger partial charge >= 0.3 is 0 Å². The Morgan fingerprint density at radius 3 is 2.36 bits per heavy atom. The summed E-state index contributed by atoms with van der Waals surface area (Å²) >= 11 is 16.3. The fourth-order valence-corrected chi connectivity index (χ4v) is 6.20. The molecular weight excluding hydrogens is 635 g/mol. The van der Waals surface area contributed by atoms with Gasteiger partial charge in [-0.05, 0) is 75.1 Å². The van der Waals surface area contributed by atoms with Crippen LogP contribution in [0.25, 0.3) is 0 Å². The van der Waals surface area contributed by atoms with Crippen molar-refractivity contribution in [2.24, 2.45) is 0 Å². The van der Waals surface area contributed by atoms with Crippen LogP contribution in [0, 0.1) is 0 Å². The van der Waals surface area contributed by atoms with E-state index in [2.05, 4.69) is 42.0 Å². The second-order valence-corrected chi connectivity index (χ2v) is 13.7. The molecule has 3 aromatic rings. The van der Waals surface area contributed by atoms with Crippen LogP contribution in [-0.4, -0.2) is 35.4 Å². The Balaban J connectivity index is 1.63. The lowest BCUT2D eigenvalue weighted by molar-refractivity contribution is -0.143. The standard InChI is InChI=1S/C34H39BrCl2N2O3/c1-34(2,3)25-15-17-31(28(35)19-25)42-22-32(40)39(21-24-14-16-26(36)20-29(24)37)30(18-23-10-6-4-7-11-23)33(41)38-27-12-8-5-9-13-27/h4,6-7,10-11,14-17,19-20,27,30H,5,8-9,12-13,18,21-22H2,1-3H3,(H,38,41). The number of ether oxygens (including phenoxy) is 1. The molecule has 1 aliphatic carbocycles. The summed E-state index contributed by atoms with van der Waals surface area (Å²) in [6.45, 7) is 6.33. The highest BCUT2D eigenvalue weighted by Gasteiger charge is 2.32. The van der Waals surface area contributed by atoms with E-state index in [9.17, 15) is 9.59 Å². The lowest BCUT2D eigenvalue weighted by Crippen LogP contribution is -2.53. The molecule has 42 heavy (non-hydrogen) atoms. The zero-order chi connectivity index (χ0) is 30.3. The summed E-state index contributed by atoms with van der Waals surface area (Å²) in [5.74, 6) is 0.0829. The maximum Gasteiger partial charge on any atom is 0.261 e. The van der Waals surface area contributed by atoms with Crippen molar-refractivity contribution in [3.05, 3.63) is 97.9 Å². The monoisotopic (exact) mass is 672 g/mol.